The van der Waals surface area contributed by atoms with Crippen LogP contribution in [-0.2, 0) is 16.4 Å². The number of guanidine groups is 1. The Balaban J connectivity index is 0.00000364. The average molecular weight is 508 g/mol. The van der Waals surface area contributed by atoms with Gasteiger partial charge in [-0.1, -0.05) is 12.1 Å². The fraction of sp³-hybridized carbons (Fsp3) is 0.632. The van der Waals surface area contributed by atoms with Crippen LogP contribution in [0.3, 0.4) is 0 Å². The molecule has 0 atom stereocenters. The molecule has 0 saturated carbocycles. The third kappa shape index (κ3) is 8.35. The third-order valence-electron chi connectivity index (χ3n) is 4.55. The maximum absolute atomic E-state index is 11.7. The van der Waals surface area contributed by atoms with Gasteiger partial charge in [0.1, 0.15) is 0 Å². The molecule has 2 N–H and O–H groups in total. The topological polar surface area (TPSA) is 73.8 Å². The first-order valence-corrected chi connectivity index (χ1v) is 11.3. The molecule has 1 aliphatic heterocycles. The monoisotopic (exact) mass is 508 g/mol. The summed E-state index contributed by atoms with van der Waals surface area (Å²) in [6.45, 7) is 9.70. The number of rotatable bonds is 8. The Morgan fingerprint density at radius 2 is 1.93 bits per heavy atom. The molecular formula is C19H33IN4O2S. The molecule has 0 bridgehead atoms. The highest BCUT2D eigenvalue weighted by atomic mass is 127. The maximum atomic E-state index is 11.7. The van der Waals surface area contributed by atoms with Crippen LogP contribution >= 0.6 is 24.0 Å². The Morgan fingerprint density at radius 3 is 2.52 bits per heavy atom. The number of aliphatic imine (C=N–C) groups is 1. The Kier molecular flexibility index (Phi) is 10.6. The minimum atomic E-state index is -3.18. The highest BCUT2D eigenvalue weighted by Crippen LogP contribution is 2.17. The summed E-state index contributed by atoms with van der Waals surface area (Å²) < 4.78 is 23.4. The molecule has 0 radical (unpaired) electrons. The number of hydrogen-bond donors (Lipinski definition) is 2. The largest absolute Gasteiger partial charge is 0.357 e. The zero-order valence-electron chi connectivity index (χ0n) is 16.6. The second kappa shape index (κ2) is 11.9. The van der Waals surface area contributed by atoms with Crippen LogP contribution in [0.15, 0.2) is 28.1 Å². The van der Waals surface area contributed by atoms with Crippen LogP contribution in [0.4, 0.5) is 0 Å². The zero-order valence-corrected chi connectivity index (χ0v) is 19.8. The van der Waals surface area contributed by atoms with Gasteiger partial charge in [-0.3, -0.25) is 0 Å². The fourth-order valence-corrected chi connectivity index (χ4v) is 4.21. The van der Waals surface area contributed by atoms with Crippen LogP contribution in [0.25, 0.3) is 0 Å². The number of benzene rings is 1. The van der Waals surface area contributed by atoms with E-state index in [9.17, 15) is 8.42 Å². The molecule has 0 aromatic heterocycles. The van der Waals surface area contributed by atoms with Crippen molar-refractivity contribution in [2.75, 3.05) is 39.0 Å². The Labute approximate surface area is 181 Å². The van der Waals surface area contributed by atoms with E-state index in [4.69, 9.17) is 0 Å². The molecule has 27 heavy (non-hydrogen) atoms. The van der Waals surface area contributed by atoms with Crippen molar-refractivity contribution in [2.24, 2.45) is 4.99 Å². The predicted molar refractivity (Wildman–Crippen MR) is 123 cm³/mol. The molecule has 2 rings (SSSR count). The molecule has 0 spiro atoms. The molecule has 0 unspecified atom stereocenters. The van der Waals surface area contributed by atoms with Crippen LogP contribution in [0, 0.1) is 6.92 Å². The van der Waals surface area contributed by atoms with Gasteiger partial charge >= 0.3 is 0 Å². The van der Waals surface area contributed by atoms with Gasteiger partial charge in [0.15, 0.2) is 15.8 Å². The lowest BCUT2D eigenvalue weighted by molar-refractivity contribution is 0.334. The van der Waals surface area contributed by atoms with E-state index in [2.05, 4.69) is 20.5 Å². The summed E-state index contributed by atoms with van der Waals surface area (Å²) in [5.74, 6) is 0.804. The molecule has 6 nitrogen and oxygen atoms in total. The summed E-state index contributed by atoms with van der Waals surface area (Å²) in [5, 5.41) is 6.64. The van der Waals surface area contributed by atoms with Crippen LogP contribution in [0.2, 0.25) is 0 Å². The van der Waals surface area contributed by atoms with E-state index in [0.717, 1.165) is 43.1 Å². The minimum absolute atomic E-state index is 0. The molecule has 1 aromatic rings. The number of aryl methyl sites for hydroxylation is 1. The number of likely N-dealkylation sites (tertiary alicyclic amines) is 1. The molecule has 0 aliphatic carbocycles. The molecule has 1 fully saturated rings. The second-order valence-corrected chi connectivity index (χ2v) is 8.88. The standard InChI is InChI=1S/C19H32N4O2S.HI/c1-4-20-19(21-10-7-13-23-11-5-6-12-23)22-15-17-8-9-18(16(2)14-17)26(3,24)25;/h8-9,14H,4-7,10-13,15H2,1-3H3,(H2,20,21,22);1H. The van der Waals surface area contributed by atoms with Gasteiger partial charge in [0.25, 0.3) is 0 Å². The molecule has 1 saturated heterocycles. The first kappa shape index (κ1) is 24.2. The minimum Gasteiger partial charge on any atom is -0.357 e. The SMILES string of the molecule is CCNC(=NCc1ccc(S(C)(=O)=O)c(C)c1)NCCCN1CCCC1.I. The van der Waals surface area contributed by atoms with Crippen molar-refractivity contribution in [2.45, 2.75) is 44.6 Å². The molecule has 8 heteroatoms. The van der Waals surface area contributed by atoms with E-state index < -0.39 is 9.84 Å². The van der Waals surface area contributed by atoms with Crippen LogP contribution < -0.4 is 10.6 Å². The lowest BCUT2D eigenvalue weighted by atomic mass is 10.1. The summed E-state index contributed by atoms with van der Waals surface area (Å²) >= 11 is 0. The van der Waals surface area contributed by atoms with E-state index in [-0.39, 0.29) is 24.0 Å². The van der Waals surface area contributed by atoms with Gasteiger partial charge in [-0.05, 0) is 69.9 Å². The van der Waals surface area contributed by atoms with Gasteiger partial charge in [-0.2, -0.15) is 0 Å². The van der Waals surface area contributed by atoms with E-state index in [1.165, 1.54) is 32.2 Å². The van der Waals surface area contributed by atoms with Crippen molar-refractivity contribution in [3.8, 4) is 0 Å². The summed E-state index contributed by atoms with van der Waals surface area (Å²) in [6.07, 6.45) is 5.00. The number of hydrogen-bond acceptors (Lipinski definition) is 4. The quantitative estimate of drug-likeness (QED) is 0.245. The predicted octanol–water partition coefficient (Wildman–Crippen LogP) is 2.56. The Morgan fingerprint density at radius 1 is 1.22 bits per heavy atom. The fourth-order valence-electron chi connectivity index (χ4n) is 3.25. The average Bonchev–Trinajstić information content (AvgIpc) is 3.08. The molecule has 1 heterocycles. The highest BCUT2D eigenvalue weighted by molar-refractivity contribution is 14.0. The zero-order chi connectivity index (χ0) is 19.0. The number of nitrogens with one attached hydrogen (secondary N) is 2. The van der Waals surface area contributed by atoms with Crippen molar-refractivity contribution < 1.29 is 8.42 Å². The Bertz CT molecular complexity index is 716. The first-order chi connectivity index (χ1) is 12.4. The Hall–Kier alpha value is -0.870. The maximum Gasteiger partial charge on any atom is 0.191 e. The van der Waals surface area contributed by atoms with E-state index >= 15 is 0 Å². The van der Waals surface area contributed by atoms with E-state index in [0.29, 0.717) is 11.4 Å². The van der Waals surface area contributed by atoms with Crippen molar-refractivity contribution in [3.05, 3.63) is 29.3 Å². The smallest absolute Gasteiger partial charge is 0.191 e. The molecular weight excluding hydrogens is 475 g/mol. The van der Waals surface area contributed by atoms with Crippen LogP contribution in [0.1, 0.15) is 37.3 Å². The summed E-state index contributed by atoms with van der Waals surface area (Å²) in [7, 11) is -3.18. The number of halogens is 1. The van der Waals surface area contributed by atoms with Gasteiger partial charge < -0.3 is 15.5 Å². The summed E-state index contributed by atoms with van der Waals surface area (Å²) in [4.78, 5) is 7.52. The van der Waals surface area contributed by atoms with Gasteiger partial charge in [0.05, 0.1) is 11.4 Å². The van der Waals surface area contributed by atoms with Gasteiger partial charge in [-0.25, -0.2) is 13.4 Å². The van der Waals surface area contributed by atoms with Crippen molar-refractivity contribution in [3.63, 3.8) is 0 Å². The molecule has 154 valence electrons. The molecule has 1 aromatic carbocycles. The molecule has 0 amide bonds. The second-order valence-electron chi connectivity index (χ2n) is 6.90. The van der Waals surface area contributed by atoms with E-state index in [1.807, 2.05) is 26.0 Å². The van der Waals surface area contributed by atoms with Crippen LogP contribution in [-0.4, -0.2) is 58.3 Å². The van der Waals surface area contributed by atoms with Crippen molar-refractivity contribution >= 4 is 39.8 Å². The van der Waals surface area contributed by atoms with Crippen molar-refractivity contribution in [1.29, 1.82) is 0 Å². The van der Waals surface area contributed by atoms with Gasteiger partial charge in [-0.15, -0.1) is 24.0 Å². The highest BCUT2D eigenvalue weighted by Gasteiger charge is 2.11. The third-order valence-corrected chi connectivity index (χ3v) is 5.80. The normalized spacial score (nSPS) is 15.4. The summed E-state index contributed by atoms with van der Waals surface area (Å²) in [5.41, 5.74) is 1.77. The molecule has 1 aliphatic rings. The lowest BCUT2D eigenvalue weighted by Crippen LogP contribution is -2.38. The van der Waals surface area contributed by atoms with Crippen molar-refractivity contribution in [1.82, 2.24) is 15.5 Å². The number of nitrogens with zero attached hydrogens (tertiary/aromatic N) is 2. The summed E-state index contributed by atoms with van der Waals surface area (Å²) in [6, 6.07) is 5.41. The van der Waals surface area contributed by atoms with E-state index in [1.54, 1.807) is 6.07 Å². The van der Waals surface area contributed by atoms with Crippen LogP contribution in [0.5, 0.6) is 0 Å². The first-order valence-electron chi connectivity index (χ1n) is 9.44. The lowest BCUT2D eigenvalue weighted by Gasteiger charge is -2.16. The number of sulfone groups is 1. The van der Waals surface area contributed by atoms with Gasteiger partial charge in [0, 0.05) is 19.3 Å². The van der Waals surface area contributed by atoms with Gasteiger partial charge in [0.2, 0.25) is 0 Å².